The molecule has 4 aromatic rings. The van der Waals surface area contributed by atoms with Crippen LogP contribution in [-0.4, -0.2) is 36.2 Å². The molecule has 1 aliphatic rings. The number of aromatic hydroxyl groups is 2. The van der Waals surface area contributed by atoms with Crippen molar-refractivity contribution in [3.63, 3.8) is 0 Å². The molecule has 2 aromatic carbocycles. The van der Waals surface area contributed by atoms with E-state index >= 15 is 0 Å². The van der Waals surface area contributed by atoms with E-state index in [1.807, 2.05) is 38.1 Å². The molecule has 7 nitrogen and oxygen atoms in total. The quantitative estimate of drug-likeness (QED) is 0.453. The number of hydrogen-bond acceptors (Lipinski definition) is 5. The van der Waals surface area contributed by atoms with Crippen LogP contribution in [0.15, 0.2) is 60.9 Å². The highest BCUT2D eigenvalue weighted by molar-refractivity contribution is 6.00. The van der Waals surface area contributed by atoms with Gasteiger partial charge in [-0.1, -0.05) is 24.3 Å². The van der Waals surface area contributed by atoms with E-state index in [0.29, 0.717) is 29.1 Å². The smallest absolute Gasteiger partial charge is 0.273 e. The van der Waals surface area contributed by atoms with Crippen LogP contribution in [0, 0.1) is 13.8 Å². The fourth-order valence-electron chi connectivity index (χ4n) is 4.53. The molecular weight excluding hydrogens is 404 g/mol. The fourth-order valence-corrected chi connectivity index (χ4v) is 4.53. The van der Waals surface area contributed by atoms with Gasteiger partial charge in [-0.05, 0) is 60.4 Å². The van der Waals surface area contributed by atoms with Crippen LogP contribution in [0.5, 0.6) is 11.5 Å². The van der Waals surface area contributed by atoms with Crippen molar-refractivity contribution in [3.05, 3.63) is 94.4 Å². The summed E-state index contributed by atoms with van der Waals surface area (Å²) in [4.78, 5) is 19.3. The molecule has 7 heteroatoms. The molecule has 0 radical (unpaired) electrons. The molecule has 3 N–H and O–H groups in total. The van der Waals surface area contributed by atoms with Gasteiger partial charge in [0, 0.05) is 30.1 Å². The lowest BCUT2D eigenvalue weighted by Crippen LogP contribution is -2.29. The Labute approximate surface area is 185 Å². The van der Waals surface area contributed by atoms with Gasteiger partial charge >= 0.3 is 0 Å². The summed E-state index contributed by atoms with van der Waals surface area (Å²) in [5.74, 6) is 0.0361. The van der Waals surface area contributed by atoms with Gasteiger partial charge in [-0.15, -0.1) is 0 Å². The van der Waals surface area contributed by atoms with E-state index in [4.69, 9.17) is 0 Å². The molecule has 1 aliphatic heterocycles. The number of aromatic nitrogens is 3. The summed E-state index contributed by atoms with van der Waals surface area (Å²) in [6, 6.07) is 13.8. The highest BCUT2D eigenvalue weighted by Crippen LogP contribution is 2.46. The Morgan fingerprint density at radius 2 is 1.94 bits per heavy atom. The lowest BCUT2D eigenvalue weighted by atomic mass is 9.93. The molecule has 5 rings (SSSR count). The fraction of sp³-hybridized carbons (Fsp3) is 0.160. The molecule has 0 spiro atoms. The average molecular weight is 426 g/mol. The Kier molecular flexibility index (Phi) is 4.66. The number of nitrogens with one attached hydrogen (secondary N) is 1. The second-order valence-electron chi connectivity index (χ2n) is 8.13. The number of rotatable bonds is 4. The summed E-state index contributed by atoms with van der Waals surface area (Å²) in [5, 5.41) is 28.2. The zero-order valence-corrected chi connectivity index (χ0v) is 17.7. The number of fused-ring (bicyclic) bond motifs is 1. The molecule has 0 fully saturated rings. The Morgan fingerprint density at radius 3 is 2.66 bits per heavy atom. The van der Waals surface area contributed by atoms with Crippen molar-refractivity contribution >= 4 is 5.91 Å². The van der Waals surface area contributed by atoms with Gasteiger partial charge in [0.2, 0.25) is 0 Å². The van der Waals surface area contributed by atoms with E-state index in [9.17, 15) is 15.0 Å². The summed E-state index contributed by atoms with van der Waals surface area (Å²) >= 11 is 0. The first-order chi connectivity index (χ1) is 15.4. The van der Waals surface area contributed by atoms with Gasteiger partial charge in [0.25, 0.3) is 5.91 Å². The maximum absolute atomic E-state index is 13.4. The second-order valence-corrected chi connectivity index (χ2v) is 8.13. The largest absolute Gasteiger partial charge is 0.508 e. The number of carbonyl (C=O) groups is 1. The van der Waals surface area contributed by atoms with Crippen LogP contribution >= 0.6 is 0 Å². The van der Waals surface area contributed by atoms with Crippen LogP contribution in [0.3, 0.4) is 0 Å². The molecule has 0 bridgehead atoms. The first-order valence-electron chi connectivity index (χ1n) is 10.3. The van der Waals surface area contributed by atoms with Crippen LogP contribution in [-0.2, 0) is 6.54 Å². The standard InChI is InChI=1S/C25H22N4O3/c1-14-9-15(2)20(19(31)10-14)22-21-23(28-27-22)25(32)29(13-16-5-4-8-26-12-16)24(21)17-6-3-7-18(30)11-17/h3-12,24,30-31H,13H2,1-2H3,(H,27,28). The van der Waals surface area contributed by atoms with Crippen LogP contribution in [0.1, 0.15) is 44.3 Å². The van der Waals surface area contributed by atoms with Gasteiger partial charge in [0.15, 0.2) is 0 Å². The minimum absolute atomic E-state index is 0.115. The van der Waals surface area contributed by atoms with Crippen molar-refractivity contribution < 1.29 is 15.0 Å². The molecule has 1 atom stereocenters. The number of benzene rings is 2. The number of pyridine rings is 1. The third kappa shape index (κ3) is 3.19. The predicted molar refractivity (Wildman–Crippen MR) is 119 cm³/mol. The summed E-state index contributed by atoms with van der Waals surface area (Å²) < 4.78 is 0. The number of nitrogens with zero attached hydrogens (tertiary/aromatic N) is 3. The minimum atomic E-state index is -0.487. The molecule has 0 saturated carbocycles. The lowest BCUT2D eigenvalue weighted by Gasteiger charge is -2.26. The summed E-state index contributed by atoms with van der Waals surface area (Å²) in [7, 11) is 0. The first-order valence-corrected chi connectivity index (χ1v) is 10.3. The summed E-state index contributed by atoms with van der Waals surface area (Å²) in [5.41, 5.74) is 5.65. The van der Waals surface area contributed by atoms with Crippen molar-refractivity contribution in [2.45, 2.75) is 26.4 Å². The number of carbonyl (C=O) groups excluding carboxylic acids is 1. The molecule has 1 unspecified atom stereocenters. The van der Waals surface area contributed by atoms with Crippen LogP contribution in [0.25, 0.3) is 11.3 Å². The van der Waals surface area contributed by atoms with E-state index < -0.39 is 6.04 Å². The van der Waals surface area contributed by atoms with E-state index in [-0.39, 0.29) is 17.4 Å². The zero-order valence-electron chi connectivity index (χ0n) is 17.7. The maximum Gasteiger partial charge on any atom is 0.273 e. The van der Waals surface area contributed by atoms with Gasteiger partial charge in [-0.25, -0.2) is 0 Å². The third-order valence-electron chi connectivity index (χ3n) is 5.82. The Hall–Kier alpha value is -4.13. The summed E-state index contributed by atoms with van der Waals surface area (Å²) in [6.45, 7) is 4.17. The Balaban J connectivity index is 1.70. The number of phenols is 2. The van der Waals surface area contributed by atoms with Crippen molar-refractivity contribution in [2.24, 2.45) is 0 Å². The topological polar surface area (TPSA) is 102 Å². The van der Waals surface area contributed by atoms with Gasteiger partial charge in [-0.3, -0.25) is 14.9 Å². The Morgan fingerprint density at radius 1 is 1.09 bits per heavy atom. The molecule has 160 valence electrons. The third-order valence-corrected chi connectivity index (χ3v) is 5.82. The number of hydrogen-bond donors (Lipinski definition) is 3. The van der Waals surface area contributed by atoms with Gasteiger partial charge in [-0.2, -0.15) is 5.10 Å². The highest BCUT2D eigenvalue weighted by atomic mass is 16.3. The van der Waals surface area contributed by atoms with E-state index in [1.165, 1.54) is 0 Å². The monoisotopic (exact) mass is 426 g/mol. The van der Waals surface area contributed by atoms with E-state index in [0.717, 1.165) is 22.3 Å². The number of amides is 1. The van der Waals surface area contributed by atoms with Crippen molar-refractivity contribution in [3.8, 4) is 22.8 Å². The normalized spacial score (nSPS) is 15.2. The molecule has 2 aromatic heterocycles. The SMILES string of the molecule is Cc1cc(C)c(-c2n[nH]c3c2C(c2cccc(O)c2)N(Cc2cccnc2)C3=O)c(O)c1. The molecule has 0 aliphatic carbocycles. The predicted octanol–water partition coefficient (Wildman–Crippen LogP) is 4.25. The minimum Gasteiger partial charge on any atom is -0.508 e. The number of phenolic OH excluding ortho intramolecular Hbond substituents is 2. The van der Waals surface area contributed by atoms with Gasteiger partial charge in [0.05, 0.1) is 6.04 Å². The van der Waals surface area contributed by atoms with Crippen molar-refractivity contribution in [2.75, 3.05) is 0 Å². The second kappa shape index (κ2) is 7.53. The average Bonchev–Trinajstić information content (AvgIpc) is 3.28. The lowest BCUT2D eigenvalue weighted by molar-refractivity contribution is 0.0729. The number of aryl methyl sites for hydroxylation is 2. The molecular formula is C25H22N4O3. The van der Waals surface area contributed by atoms with Crippen LogP contribution in [0.2, 0.25) is 0 Å². The molecule has 32 heavy (non-hydrogen) atoms. The number of H-pyrrole nitrogens is 1. The van der Waals surface area contributed by atoms with Gasteiger partial charge in [0.1, 0.15) is 22.9 Å². The first kappa shape index (κ1) is 19.8. The molecule has 1 amide bonds. The summed E-state index contributed by atoms with van der Waals surface area (Å²) in [6.07, 6.45) is 3.42. The van der Waals surface area contributed by atoms with E-state index in [2.05, 4.69) is 15.2 Å². The van der Waals surface area contributed by atoms with E-state index in [1.54, 1.807) is 41.6 Å². The molecule has 0 saturated heterocycles. The van der Waals surface area contributed by atoms with Crippen molar-refractivity contribution in [1.29, 1.82) is 0 Å². The number of aromatic amines is 1. The van der Waals surface area contributed by atoms with Crippen LogP contribution in [0.4, 0.5) is 0 Å². The van der Waals surface area contributed by atoms with Crippen molar-refractivity contribution in [1.82, 2.24) is 20.1 Å². The van der Waals surface area contributed by atoms with Crippen LogP contribution < -0.4 is 0 Å². The maximum atomic E-state index is 13.4. The molecule has 3 heterocycles. The van der Waals surface area contributed by atoms with Gasteiger partial charge < -0.3 is 15.1 Å². The Bertz CT molecular complexity index is 1310. The zero-order chi connectivity index (χ0) is 22.4. The highest BCUT2D eigenvalue weighted by Gasteiger charge is 2.42.